The molecule has 0 amide bonds. The first-order chi connectivity index (χ1) is 8.87. The summed E-state index contributed by atoms with van der Waals surface area (Å²) < 4.78 is 5.39. The van der Waals surface area contributed by atoms with Gasteiger partial charge in [0, 0.05) is 5.57 Å². The van der Waals surface area contributed by atoms with Gasteiger partial charge in [-0.05, 0) is 18.2 Å². The van der Waals surface area contributed by atoms with Crippen molar-refractivity contribution in [3.63, 3.8) is 0 Å². The van der Waals surface area contributed by atoms with E-state index in [4.69, 9.17) is 9.99 Å². The highest BCUT2D eigenvalue weighted by Gasteiger charge is 2.34. The highest BCUT2D eigenvalue weighted by Crippen LogP contribution is 2.29. The summed E-state index contributed by atoms with van der Waals surface area (Å²) >= 11 is 0. The van der Waals surface area contributed by atoms with E-state index in [9.17, 15) is 0 Å². The minimum absolute atomic E-state index is 0.700. The molecule has 1 N–H and O–H groups in total. The van der Waals surface area contributed by atoms with Gasteiger partial charge in [0.2, 0.25) is 0 Å². The first-order valence-corrected chi connectivity index (χ1v) is 5.61. The fraction of sp³-hybridized carbons (Fsp3) is 0.0667. The van der Waals surface area contributed by atoms with E-state index in [1.807, 2.05) is 54.7 Å². The van der Waals surface area contributed by atoms with Gasteiger partial charge in [0.05, 0.1) is 6.26 Å². The van der Waals surface area contributed by atoms with Crippen LogP contribution in [0.2, 0.25) is 0 Å². The number of allylic oxidation sites excluding steroid dienone is 10. The second-order valence-corrected chi connectivity index (χ2v) is 3.70. The molecule has 2 aliphatic rings. The van der Waals surface area contributed by atoms with E-state index in [0.717, 1.165) is 0 Å². The molecule has 1 heterocycles. The third-order valence-electron chi connectivity index (χ3n) is 2.50. The zero-order valence-corrected chi connectivity index (χ0v) is 9.77. The van der Waals surface area contributed by atoms with Crippen molar-refractivity contribution in [3.05, 3.63) is 84.7 Å². The standard InChI is InChI=1S/C15H14O3/c16-18-15-12-8-6-4-2-1-3-5-7-10-14(15)11-9-13-17-15/h1-13,16H/b2-1+,5-3-,6-4-,10-7-,12-8+. The normalized spacial score (nSPS) is 34.8. The SMILES string of the molecule is OOC12/C=C/C=C\C=C\C=C/C=C\C1=CC=CO2. The molecule has 0 bridgehead atoms. The largest absolute Gasteiger partial charge is 0.460 e. The van der Waals surface area contributed by atoms with Crippen molar-refractivity contribution in [2.45, 2.75) is 5.79 Å². The van der Waals surface area contributed by atoms with E-state index in [0.29, 0.717) is 5.57 Å². The molecule has 1 unspecified atom stereocenters. The molecule has 2 rings (SSSR count). The Morgan fingerprint density at radius 1 is 0.889 bits per heavy atom. The molecule has 0 saturated heterocycles. The van der Waals surface area contributed by atoms with Crippen molar-refractivity contribution >= 4 is 0 Å². The second-order valence-electron chi connectivity index (χ2n) is 3.70. The maximum atomic E-state index is 9.14. The Kier molecular flexibility index (Phi) is 4.12. The number of ether oxygens (including phenoxy) is 1. The average Bonchev–Trinajstić information content (AvgIpc) is 2.40. The minimum Gasteiger partial charge on any atom is -0.460 e. The molecular formula is C15H14O3. The van der Waals surface area contributed by atoms with Crippen molar-refractivity contribution in [1.82, 2.24) is 0 Å². The molecule has 1 aliphatic carbocycles. The molecule has 3 nitrogen and oxygen atoms in total. The Hall–Kier alpha value is -2.10. The summed E-state index contributed by atoms with van der Waals surface area (Å²) in [5.74, 6) is -1.29. The van der Waals surface area contributed by atoms with E-state index in [1.165, 1.54) is 6.26 Å². The van der Waals surface area contributed by atoms with E-state index >= 15 is 0 Å². The van der Waals surface area contributed by atoms with Crippen LogP contribution in [0.15, 0.2) is 84.7 Å². The van der Waals surface area contributed by atoms with Gasteiger partial charge in [-0.25, -0.2) is 5.26 Å². The fourth-order valence-corrected chi connectivity index (χ4v) is 1.61. The molecule has 1 atom stereocenters. The van der Waals surface area contributed by atoms with E-state index in [1.54, 1.807) is 18.2 Å². The van der Waals surface area contributed by atoms with Crippen LogP contribution in [0.3, 0.4) is 0 Å². The Morgan fingerprint density at radius 2 is 1.56 bits per heavy atom. The lowest BCUT2D eigenvalue weighted by Gasteiger charge is -2.29. The molecule has 0 spiro atoms. The van der Waals surface area contributed by atoms with E-state index in [-0.39, 0.29) is 0 Å². The molecule has 18 heavy (non-hydrogen) atoms. The van der Waals surface area contributed by atoms with E-state index < -0.39 is 5.79 Å². The van der Waals surface area contributed by atoms with Crippen LogP contribution in [0.5, 0.6) is 0 Å². The lowest BCUT2D eigenvalue weighted by Crippen LogP contribution is -2.34. The van der Waals surface area contributed by atoms with Crippen LogP contribution in [0.1, 0.15) is 0 Å². The number of rotatable bonds is 1. The second kappa shape index (κ2) is 6.00. The summed E-state index contributed by atoms with van der Waals surface area (Å²) in [6.45, 7) is 0. The lowest BCUT2D eigenvalue weighted by molar-refractivity contribution is -0.357. The van der Waals surface area contributed by atoms with Gasteiger partial charge in [-0.3, -0.25) is 0 Å². The van der Waals surface area contributed by atoms with Gasteiger partial charge in [0.1, 0.15) is 0 Å². The Bertz CT molecular complexity index is 490. The summed E-state index contributed by atoms with van der Waals surface area (Å²) in [6.07, 6.45) is 23.4. The number of fused-ring (bicyclic) bond motifs is 1. The van der Waals surface area contributed by atoms with Gasteiger partial charge in [0.25, 0.3) is 5.79 Å². The highest BCUT2D eigenvalue weighted by molar-refractivity contribution is 5.39. The molecule has 0 radical (unpaired) electrons. The zero-order valence-electron chi connectivity index (χ0n) is 9.77. The van der Waals surface area contributed by atoms with Crippen LogP contribution in [-0.2, 0) is 9.62 Å². The first kappa shape index (κ1) is 12.4. The maximum absolute atomic E-state index is 9.14. The van der Waals surface area contributed by atoms with Gasteiger partial charge in [0.15, 0.2) is 0 Å². The number of hydrogen-bond donors (Lipinski definition) is 1. The molecule has 0 saturated carbocycles. The van der Waals surface area contributed by atoms with Gasteiger partial charge in [-0.15, -0.1) is 0 Å². The van der Waals surface area contributed by atoms with Crippen LogP contribution in [0, 0.1) is 0 Å². The summed E-state index contributed by atoms with van der Waals surface area (Å²) in [5, 5.41) is 9.14. The van der Waals surface area contributed by atoms with Crippen LogP contribution in [0.25, 0.3) is 0 Å². The van der Waals surface area contributed by atoms with Crippen LogP contribution in [-0.4, -0.2) is 11.0 Å². The van der Waals surface area contributed by atoms with Gasteiger partial charge < -0.3 is 4.74 Å². The highest BCUT2D eigenvalue weighted by atomic mass is 17.1. The molecule has 92 valence electrons. The third-order valence-corrected chi connectivity index (χ3v) is 2.50. The van der Waals surface area contributed by atoms with Crippen LogP contribution < -0.4 is 0 Å². The average molecular weight is 242 g/mol. The Balaban J connectivity index is 2.41. The molecule has 1 aliphatic heterocycles. The molecule has 0 aromatic heterocycles. The predicted octanol–water partition coefficient (Wildman–Crippen LogP) is 3.44. The fourth-order valence-electron chi connectivity index (χ4n) is 1.61. The van der Waals surface area contributed by atoms with E-state index in [2.05, 4.69) is 4.89 Å². The predicted molar refractivity (Wildman–Crippen MR) is 70.5 cm³/mol. The minimum atomic E-state index is -1.29. The van der Waals surface area contributed by atoms with Crippen molar-refractivity contribution < 1.29 is 14.9 Å². The molecular weight excluding hydrogens is 228 g/mol. The lowest BCUT2D eigenvalue weighted by atomic mass is 10.0. The molecule has 3 heteroatoms. The summed E-state index contributed by atoms with van der Waals surface area (Å²) in [4.78, 5) is 4.53. The van der Waals surface area contributed by atoms with Crippen molar-refractivity contribution in [2.24, 2.45) is 0 Å². The Morgan fingerprint density at radius 3 is 2.28 bits per heavy atom. The molecule has 0 aromatic rings. The van der Waals surface area contributed by atoms with Gasteiger partial charge in [-0.1, -0.05) is 54.7 Å². The van der Waals surface area contributed by atoms with Crippen molar-refractivity contribution in [3.8, 4) is 0 Å². The summed E-state index contributed by atoms with van der Waals surface area (Å²) in [5.41, 5.74) is 0.700. The number of hydrogen-bond acceptors (Lipinski definition) is 3. The van der Waals surface area contributed by atoms with Crippen LogP contribution in [0.4, 0.5) is 0 Å². The van der Waals surface area contributed by atoms with Crippen LogP contribution >= 0.6 is 0 Å². The third kappa shape index (κ3) is 2.77. The van der Waals surface area contributed by atoms with Gasteiger partial charge in [-0.2, -0.15) is 4.89 Å². The first-order valence-electron chi connectivity index (χ1n) is 5.61. The topological polar surface area (TPSA) is 38.7 Å². The van der Waals surface area contributed by atoms with Crippen molar-refractivity contribution in [1.29, 1.82) is 0 Å². The summed E-state index contributed by atoms with van der Waals surface area (Å²) in [6, 6.07) is 0. The smallest absolute Gasteiger partial charge is 0.285 e. The monoisotopic (exact) mass is 242 g/mol. The van der Waals surface area contributed by atoms with Gasteiger partial charge >= 0.3 is 0 Å². The summed E-state index contributed by atoms with van der Waals surface area (Å²) in [7, 11) is 0. The maximum Gasteiger partial charge on any atom is 0.285 e. The Labute approximate surface area is 106 Å². The molecule has 0 fully saturated rings. The quantitative estimate of drug-likeness (QED) is 0.565. The molecule has 0 aromatic carbocycles. The van der Waals surface area contributed by atoms with Crippen molar-refractivity contribution in [2.75, 3.05) is 0 Å². The zero-order chi connectivity index (χ0) is 12.7.